The van der Waals surface area contributed by atoms with Crippen molar-refractivity contribution in [3.05, 3.63) is 52.9 Å². The van der Waals surface area contributed by atoms with Crippen molar-refractivity contribution in [3.63, 3.8) is 0 Å². The summed E-state index contributed by atoms with van der Waals surface area (Å²) in [7, 11) is 1.60. The fraction of sp³-hybridized carbons (Fsp3) is 0.200. The maximum absolute atomic E-state index is 6.01. The smallest absolute Gasteiger partial charge is 0.212 e. The number of hydrogen-bond acceptors (Lipinski definition) is 3. The molecule has 108 valence electrons. The average molecular weight is 322 g/mol. The Morgan fingerprint density at radius 1 is 1.24 bits per heavy atom. The summed E-state index contributed by atoms with van der Waals surface area (Å²) in [5.41, 5.74) is 2.90. The number of fused-ring (bicyclic) bond motifs is 1. The van der Waals surface area contributed by atoms with Gasteiger partial charge in [-0.25, -0.2) is 9.97 Å². The molecule has 0 amide bonds. The molecule has 0 bridgehead atoms. The zero-order valence-electron chi connectivity index (χ0n) is 11.4. The van der Waals surface area contributed by atoms with Gasteiger partial charge in [0.1, 0.15) is 5.82 Å². The Hall–Kier alpha value is -1.78. The molecule has 1 aromatic carbocycles. The zero-order valence-corrected chi connectivity index (χ0v) is 12.9. The largest absolute Gasteiger partial charge is 0.481 e. The minimum absolute atomic E-state index is 0.343. The molecule has 0 fully saturated rings. The minimum Gasteiger partial charge on any atom is -0.481 e. The predicted molar refractivity (Wildman–Crippen MR) is 84.2 cm³/mol. The SMILES string of the molecule is COc1ccc(Cn2c(CCl)nc3cc(Cl)ccc32)cn1. The third-order valence-corrected chi connectivity index (χ3v) is 3.73. The molecule has 0 radical (unpaired) electrons. The molecule has 0 spiro atoms. The van der Waals surface area contributed by atoms with E-state index in [-0.39, 0.29) is 0 Å². The van der Waals surface area contributed by atoms with Crippen LogP contribution in [0.2, 0.25) is 5.02 Å². The summed E-state index contributed by atoms with van der Waals surface area (Å²) in [6.45, 7) is 0.650. The fourth-order valence-corrected chi connectivity index (χ4v) is 2.61. The van der Waals surface area contributed by atoms with Gasteiger partial charge < -0.3 is 9.30 Å². The molecule has 3 rings (SSSR count). The van der Waals surface area contributed by atoms with Crippen molar-refractivity contribution in [1.29, 1.82) is 0 Å². The van der Waals surface area contributed by atoms with Crippen LogP contribution in [0.4, 0.5) is 0 Å². The summed E-state index contributed by atoms with van der Waals surface area (Å²) in [6, 6.07) is 9.47. The van der Waals surface area contributed by atoms with E-state index in [0.717, 1.165) is 22.4 Å². The Kier molecular flexibility index (Phi) is 3.99. The van der Waals surface area contributed by atoms with Gasteiger partial charge in [0.15, 0.2) is 0 Å². The topological polar surface area (TPSA) is 39.9 Å². The van der Waals surface area contributed by atoms with Crippen LogP contribution in [0.25, 0.3) is 11.0 Å². The molecule has 3 aromatic rings. The first-order chi connectivity index (χ1) is 10.2. The second-order valence-corrected chi connectivity index (χ2v) is 5.29. The molecule has 0 saturated heterocycles. The summed E-state index contributed by atoms with van der Waals surface area (Å²) in [6.07, 6.45) is 1.79. The summed E-state index contributed by atoms with van der Waals surface area (Å²) >= 11 is 12.0. The van der Waals surface area contributed by atoms with Crippen molar-refractivity contribution < 1.29 is 4.74 Å². The van der Waals surface area contributed by atoms with E-state index in [9.17, 15) is 0 Å². The van der Waals surface area contributed by atoms with Crippen LogP contribution in [-0.4, -0.2) is 21.6 Å². The molecular weight excluding hydrogens is 309 g/mol. The molecule has 0 N–H and O–H groups in total. The summed E-state index contributed by atoms with van der Waals surface area (Å²) in [4.78, 5) is 8.74. The molecule has 0 saturated carbocycles. The van der Waals surface area contributed by atoms with Gasteiger partial charge in [0, 0.05) is 17.3 Å². The van der Waals surface area contributed by atoms with E-state index in [2.05, 4.69) is 14.5 Å². The molecular formula is C15H13Cl2N3O. The van der Waals surface area contributed by atoms with E-state index in [0.29, 0.717) is 23.3 Å². The minimum atomic E-state index is 0.343. The van der Waals surface area contributed by atoms with Crippen LogP contribution < -0.4 is 4.74 Å². The first kappa shape index (κ1) is 14.2. The Morgan fingerprint density at radius 3 is 2.76 bits per heavy atom. The van der Waals surface area contributed by atoms with E-state index < -0.39 is 0 Å². The highest BCUT2D eigenvalue weighted by Gasteiger charge is 2.11. The number of halogens is 2. The van der Waals surface area contributed by atoms with Crippen molar-refractivity contribution in [2.75, 3.05) is 7.11 Å². The summed E-state index contributed by atoms with van der Waals surface area (Å²) in [5.74, 6) is 1.75. The van der Waals surface area contributed by atoms with Gasteiger partial charge in [-0.2, -0.15) is 0 Å². The first-order valence-corrected chi connectivity index (χ1v) is 7.32. The van der Waals surface area contributed by atoms with Gasteiger partial charge in [-0.15, -0.1) is 11.6 Å². The van der Waals surface area contributed by atoms with Crippen molar-refractivity contribution in [3.8, 4) is 5.88 Å². The normalized spacial score (nSPS) is 11.0. The number of pyridine rings is 1. The molecule has 0 unspecified atom stereocenters. The van der Waals surface area contributed by atoms with Crippen molar-refractivity contribution in [2.24, 2.45) is 0 Å². The molecule has 6 heteroatoms. The highest BCUT2D eigenvalue weighted by atomic mass is 35.5. The quantitative estimate of drug-likeness (QED) is 0.684. The maximum atomic E-state index is 6.01. The van der Waals surface area contributed by atoms with Crippen LogP contribution in [-0.2, 0) is 12.4 Å². The van der Waals surface area contributed by atoms with E-state index in [1.165, 1.54) is 0 Å². The highest BCUT2D eigenvalue weighted by Crippen LogP contribution is 2.22. The second-order valence-electron chi connectivity index (χ2n) is 4.59. The highest BCUT2D eigenvalue weighted by molar-refractivity contribution is 6.31. The standard InChI is InChI=1S/C15H13Cl2N3O/c1-21-15-5-2-10(8-18-15)9-20-13-4-3-11(17)6-12(13)19-14(20)7-16/h2-6,8H,7,9H2,1H3. The van der Waals surface area contributed by atoms with E-state index in [4.69, 9.17) is 27.9 Å². The Labute approximate surface area is 132 Å². The third kappa shape index (κ3) is 2.82. The predicted octanol–water partition coefficient (Wildman–Crippen LogP) is 3.88. The van der Waals surface area contributed by atoms with E-state index in [1.807, 2.05) is 30.3 Å². The lowest BCUT2D eigenvalue weighted by Crippen LogP contribution is -2.04. The lowest BCUT2D eigenvalue weighted by atomic mass is 10.2. The van der Waals surface area contributed by atoms with Crippen LogP contribution in [0.1, 0.15) is 11.4 Å². The fourth-order valence-electron chi connectivity index (χ4n) is 2.24. The number of hydrogen-bond donors (Lipinski definition) is 0. The third-order valence-electron chi connectivity index (χ3n) is 3.26. The number of benzene rings is 1. The van der Waals surface area contributed by atoms with Gasteiger partial charge in [0.05, 0.1) is 30.6 Å². The van der Waals surface area contributed by atoms with Gasteiger partial charge in [0.2, 0.25) is 5.88 Å². The Bertz CT molecular complexity index is 768. The maximum Gasteiger partial charge on any atom is 0.212 e. The Morgan fingerprint density at radius 2 is 2.10 bits per heavy atom. The lowest BCUT2D eigenvalue weighted by Gasteiger charge is -2.08. The molecule has 0 atom stereocenters. The van der Waals surface area contributed by atoms with Gasteiger partial charge >= 0.3 is 0 Å². The first-order valence-electron chi connectivity index (χ1n) is 6.41. The van der Waals surface area contributed by atoms with Gasteiger partial charge in [-0.05, 0) is 23.8 Å². The average Bonchev–Trinajstić information content (AvgIpc) is 2.85. The molecule has 0 aliphatic carbocycles. The lowest BCUT2D eigenvalue weighted by molar-refractivity contribution is 0.397. The molecule has 0 aliphatic heterocycles. The number of methoxy groups -OCH3 is 1. The summed E-state index contributed by atoms with van der Waals surface area (Å²) < 4.78 is 7.14. The van der Waals surface area contributed by atoms with Crippen LogP contribution >= 0.6 is 23.2 Å². The van der Waals surface area contributed by atoms with Crippen molar-refractivity contribution >= 4 is 34.2 Å². The molecule has 2 heterocycles. The van der Waals surface area contributed by atoms with Gasteiger partial charge in [0.25, 0.3) is 0 Å². The van der Waals surface area contributed by atoms with Crippen molar-refractivity contribution in [2.45, 2.75) is 12.4 Å². The van der Waals surface area contributed by atoms with Crippen LogP contribution in [0.3, 0.4) is 0 Å². The van der Waals surface area contributed by atoms with Crippen LogP contribution in [0.15, 0.2) is 36.5 Å². The van der Waals surface area contributed by atoms with Crippen molar-refractivity contribution in [1.82, 2.24) is 14.5 Å². The number of ether oxygens (including phenoxy) is 1. The van der Waals surface area contributed by atoms with E-state index in [1.54, 1.807) is 13.3 Å². The number of alkyl halides is 1. The number of imidazole rings is 1. The number of aromatic nitrogens is 3. The number of rotatable bonds is 4. The summed E-state index contributed by atoms with van der Waals surface area (Å²) in [5, 5.41) is 0.666. The van der Waals surface area contributed by atoms with E-state index >= 15 is 0 Å². The Balaban J connectivity index is 2.01. The monoisotopic (exact) mass is 321 g/mol. The number of nitrogens with zero attached hydrogens (tertiary/aromatic N) is 3. The molecule has 4 nitrogen and oxygen atoms in total. The van der Waals surface area contributed by atoms with Gasteiger partial charge in [-0.3, -0.25) is 0 Å². The molecule has 0 aliphatic rings. The van der Waals surface area contributed by atoms with Crippen LogP contribution in [0, 0.1) is 0 Å². The van der Waals surface area contributed by atoms with Crippen LogP contribution in [0.5, 0.6) is 5.88 Å². The molecule has 21 heavy (non-hydrogen) atoms. The second kappa shape index (κ2) is 5.92. The van der Waals surface area contributed by atoms with Gasteiger partial charge in [-0.1, -0.05) is 17.7 Å². The molecule has 2 aromatic heterocycles. The zero-order chi connectivity index (χ0) is 14.8.